The maximum absolute atomic E-state index is 15.0. The van der Waals surface area contributed by atoms with Gasteiger partial charge in [0.05, 0.1) is 29.1 Å². The van der Waals surface area contributed by atoms with Gasteiger partial charge >= 0.3 is 0 Å². The number of hydrogen-bond donors (Lipinski definition) is 1. The van der Waals surface area contributed by atoms with Gasteiger partial charge in [-0.05, 0) is 48.7 Å². The second kappa shape index (κ2) is 8.97. The summed E-state index contributed by atoms with van der Waals surface area (Å²) in [6.07, 6.45) is 11.5. The average molecular weight is 528 g/mol. The summed E-state index contributed by atoms with van der Waals surface area (Å²) in [5.74, 6) is -0.671. The average Bonchev–Trinajstić information content (AvgIpc) is 3.47. The zero-order chi connectivity index (χ0) is 26.8. The molecule has 3 aromatic rings. The number of rotatable bonds is 3. The highest BCUT2D eigenvalue weighted by atomic mass is 19.1. The van der Waals surface area contributed by atoms with Gasteiger partial charge in [-0.2, -0.15) is 0 Å². The van der Waals surface area contributed by atoms with Gasteiger partial charge in [-0.1, -0.05) is 91.4 Å². The Labute approximate surface area is 233 Å². The van der Waals surface area contributed by atoms with Gasteiger partial charge in [0.15, 0.2) is 5.78 Å². The summed E-state index contributed by atoms with van der Waals surface area (Å²) in [5, 5.41) is 3.80. The van der Waals surface area contributed by atoms with Gasteiger partial charge < -0.3 is 5.32 Å². The summed E-state index contributed by atoms with van der Waals surface area (Å²) in [7, 11) is 0. The molecule has 2 aliphatic carbocycles. The van der Waals surface area contributed by atoms with E-state index in [9.17, 15) is 9.18 Å². The van der Waals surface area contributed by atoms with E-state index in [1.165, 1.54) is 12.1 Å². The van der Waals surface area contributed by atoms with Crippen molar-refractivity contribution in [2.24, 2.45) is 10.9 Å². The number of allylic oxidation sites excluding steroid dienone is 2. The topological polar surface area (TPSA) is 44.7 Å². The van der Waals surface area contributed by atoms with Crippen LogP contribution >= 0.6 is 0 Å². The smallest absolute Gasteiger partial charge is 0.169 e. The van der Waals surface area contributed by atoms with Gasteiger partial charge in [0.1, 0.15) is 11.4 Å². The maximum Gasteiger partial charge on any atom is 0.169 e. The number of carbonyl (C=O) groups excluding carboxylic acids is 1. The van der Waals surface area contributed by atoms with E-state index in [1.807, 2.05) is 48.5 Å². The lowest BCUT2D eigenvalue weighted by atomic mass is 9.68. The number of fused-ring (bicyclic) bond motifs is 7. The number of halogens is 1. The van der Waals surface area contributed by atoms with E-state index in [0.717, 1.165) is 59.6 Å². The number of nitrogens with zero attached hydrogens (tertiary/aromatic N) is 2. The van der Waals surface area contributed by atoms with E-state index < -0.39 is 11.5 Å². The number of ketones is 1. The lowest BCUT2D eigenvalue weighted by Crippen LogP contribution is -2.52. The number of nitrogens with one attached hydrogen (secondary N) is 1. The first-order valence-corrected chi connectivity index (χ1v) is 14.3. The highest BCUT2D eigenvalue weighted by molar-refractivity contribution is 6.07. The van der Waals surface area contributed by atoms with Crippen LogP contribution in [0.1, 0.15) is 52.2 Å². The van der Waals surface area contributed by atoms with Crippen molar-refractivity contribution in [2.75, 3.05) is 6.54 Å². The molecule has 0 radical (unpaired) electrons. The molecule has 0 amide bonds. The third-order valence-corrected chi connectivity index (χ3v) is 9.57. The van der Waals surface area contributed by atoms with Gasteiger partial charge in [0, 0.05) is 23.1 Å². The number of benzene rings is 3. The fourth-order valence-electron chi connectivity index (χ4n) is 8.08. The van der Waals surface area contributed by atoms with Crippen molar-refractivity contribution < 1.29 is 9.18 Å². The molecule has 0 saturated carbocycles. The standard InChI is InChI=1S/C35H30FN3O/c36-24-19-17-22(18-20-24)30-29-16-8-9-21-39(29)35(31(30)33(40)23-10-2-1-3-11-23)26-13-5-4-12-25(26)32-34(35)38-28-15-7-6-14-27(28)37-32/h1-7,10-15,17-20,27,29-31,37H,8-9,16,21H2/t27?,29-,30-,31-,35+/m1/s1. The Morgan fingerprint density at radius 2 is 1.75 bits per heavy atom. The summed E-state index contributed by atoms with van der Waals surface area (Å²) in [5.41, 5.74) is 6.21. The van der Waals surface area contributed by atoms with Crippen LogP contribution in [0.4, 0.5) is 4.39 Å². The predicted molar refractivity (Wildman–Crippen MR) is 155 cm³/mol. The van der Waals surface area contributed by atoms with Crippen LogP contribution in [0.3, 0.4) is 0 Å². The number of carbonyl (C=O) groups is 1. The van der Waals surface area contributed by atoms with Crippen LogP contribution in [0.25, 0.3) is 5.70 Å². The molecule has 1 N–H and O–H groups in total. The molecule has 0 aromatic heterocycles. The molecular weight excluding hydrogens is 497 g/mol. The minimum Gasteiger partial charge on any atom is -0.371 e. The van der Waals surface area contributed by atoms with Crippen LogP contribution in [0.5, 0.6) is 0 Å². The molecule has 3 aromatic carbocycles. The van der Waals surface area contributed by atoms with Crippen LogP contribution < -0.4 is 5.32 Å². The number of aliphatic imine (C=N–C) groups is 1. The van der Waals surface area contributed by atoms with E-state index in [1.54, 1.807) is 0 Å². The SMILES string of the molecule is O=C(c1ccccc1)[C@H]1[C@H](c2ccc(F)cc2)[C@H]2CCCCN2[C@]12C1=C(NC3C=CC=CC3=N1)c1ccccc12. The molecule has 0 bridgehead atoms. The largest absolute Gasteiger partial charge is 0.371 e. The van der Waals surface area contributed by atoms with Crippen LogP contribution in [0, 0.1) is 11.7 Å². The van der Waals surface area contributed by atoms with Crippen molar-refractivity contribution in [3.8, 4) is 0 Å². The summed E-state index contributed by atoms with van der Waals surface area (Å²) >= 11 is 0. The molecule has 5 atom stereocenters. The molecule has 3 aliphatic heterocycles. The minimum atomic E-state index is -0.733. The molecule has 2 fully saturated rings. The Kier molecular flexibility index (Phi) is 5.33. The molecule has 2 saturated heterocycles. The van der Waals surface area contributed by atoms with Crippen molar-refractivity contribution in [3.63, 3.8) is 0 Å². The molecule has 40 heavy (non-hydrogen) atoms. The van der Waals surface area contributed by atoms with Crippen LogP contribution in [-0.2, 0) is 5.54 Å². The molecule has 5 aliphatic rings. The summed E-state index contributed by atoms with van der Waals surface area (Å²) in [4.78, 5) is 23.0. The Balaban J connectivity index is 1.44. The highest BCUT2D eigenvalue weighted by Crippen LogP contribution is 2.64. The Hall–Kier alpha value is -4.09. The molecule has 8 rings (SSSR count). The fourth-order valence-corrected chi connectivity index (χ4v) is 8.08. The summed E-state index contributed by atoms with van der Waals surface area (Å²) in [6.45, 7) is 0.885. The number of hydrogen-bond acceptors (Lipinski definition) is 4. The normalized spacial score (nSPS) is 29.9. The molecule has 4 nitrogen and oxygen atoms in total. The van der Waals surface area contributed by atoms with Crippen LogP contribution in [0.2, 0.25) is 0 Å². The second-order valence-corrected chi connectivity index (χ2v) is 11.5. The molecular formula is C35H30FN3O. The van der Waals surface area contributed by atoms with Gasteiger partial charge in [0.2, 0.25) is 0 Å². The van der Waals surface area contributed by atoms with Crippen LogP contribution in [0.15, 0.2) is 114 Å². The van der Waals surface area contributed by atoms with E-state index >= 15 is 0 Å². The Morgan fingerprint density at radius 3 is 2.60 bits per heavy atom. The van der Waals surface area contributed by atoms with E-state index in [4.69, 9.17) is 4.99 Å². The van der Waals surface area contributed by atoms with Gasteiger partial charge in [-0.25, -0.2) is 4.39 Å². The van der Waals surface area contributed by atoms with Gasteiger partial charge in [0.25, 0.3) is 0 Å². The Morgan fingerprint density at radius 1 is 0.950 bits per heavy atom. The molecule has 1 unspecified atom stereocenters. The predicted octanol–water partition coefficient (Wildman–Crippen LogP) is 6.39. The molecule has 1 spiro atoms. The van der Waals surface area contributed by atoms with Crippen LogP contribution in [-0.4, -0.2) is 35.0 Å². The molecule has 198 valence electrons. The zero-order valence-corrected chi connectivity index (χ0v) is 22.1. The Bertz CT molecular complexity index is 1640. The minimum absolute atomic E-state index is 0.00156. The van der Waals surface area contributed by atoms with Crippen molar-refractivity contribution in [1.29, 1.82) is 0 Å². The number of piperidine rings is 1. The van der Waals surface area contributed by atoms with E-state index in [0.29, 0.717) is 5.56 Å². The van der Waals surface area contributed by atoms with E-state index in [2.05, 4.69) is 52.7 Å². The molecule has 3 heterocycles. The summed E-state index contributed by atoms with van der Waals surface area (Å²) in [6, 6.07) is 25.2. The van der Waals surface area contributed by atoms with Crippen molar-refractivity contribution in [1.82, 2.24) is 10.2 Å². The van der Waals surface area contributed by atoms with Crippen molar-refractivity contribution in [3.05, 3.63) is 137 Å². The first kappa shape index (κ1) is 23.8. The second-order valence-electron chi connectivity index (χ2n) is 11.5. The highest BCUT2D eigenvalue weighted by Gasteiger charge is 2.67. The summed E-state index contributed by atoms with van der Waals surface area (Å²) < 4.78 is 14.2. The number of Topliss-reactive ketones (excluding diaryl/α,β-unsaturated/α-hetero) is 1. The lowest BCUT2D eigenvalue weighted by Gasteiger charge is -2.44. The van der Waals surface area contributed by atoms with Gasteiger partial charge in [-0.15, -0.1) is 0 Å². The zero-order valence-electron chi connectivity index (χ0n) is 22.1. The van der Waals surface area contributed by atoms with Crippen molar-refractivity contribution >= 4 is 17.2 Å². The monoisotopic (exact) mass is 527 g/mol. The van der Waals surface area contributed by atoms with Crippen molar-refractivity contribution in [2.45, 2.75) is 42.8 Å². The maximum atomic E-state index is 15.0. The third kappa shape index (κ3) is 3.21. The first-order valence-electron chi connectivity index (χ1n) is 14.3. The molecule has 5 heteroatoms. The van der Waals surface area contributed by atoms with Gasteiger partial charge in [-0.3, -0.25) is 14.7 Å². The van der Waals surface area contributed by atoms with E-state index in [-0.39, 0.29) is 29.6 Å². The third-order valence-electron chi connectivity index (χ3n) is 9.57. The first-order chi connectivity index (χ1) is 19.7. The fraction of sp³-hybridized carbons (Fsp3) is 0.257. The quantitative estimate of drug-likeness (QED) is 0.402. The lowest BCUT2D eigenvalue weighted by molar-refractivity contribution is 0.0648.